The van der Waals surface area contributed by atoms with Gasteiger partial charge in [0.25, 0.3) is 5.91 Å². The second-order valence-corrected chi connectivity index (χ2v) is 14.6. The first-order valence-electron chi connectivity index (χ1n) is 18.2. The fourth-order valence-electron chi connectivity index (χ4n) is 9.26. The van der Waals surface area contributed by atoms with E-state index in [0.717, 1.165) is 103 Å². The third-order valence-corrected chi connectivity index (χ3v) is 11.5. The Balaban J connectivity index is 1.09. The van der Waals surface area contributed by atoms with Crippen molar-refractivity contribution in [3.63, 3.8) is 0 Å². The molecule has 0 spiro atoms. The quantitative estimate of drug-likeness (QED) is 0.371. The van der Waals surface area contributed by atoms with Crippen LogP contribution in [0.4, 0.5) is 0 Å². The van der Waals surface area contributed by atoms with E-state index in [1.165, 1.54) is 41.6 Å². The van der Waals surface area contributed by atoms with Crippen molar-refractivity contribution in [3.8, 4) is 0 Å². The molecule has 2 aliphatic heterocycles. The molecule has 248 valence electrons. The molecule has 4 amide bonds. The van der Waals surface area contributed by atoms with Gasteiger partial charge in [0.1, 0.15) is 18.8 Å². The maximum atomic E-state index is 13.8. The molecule has 0 bridgehead atoms. The summed E-state index contributed by atoms with van der Waals surface area (Å²) < 4.78 is 0. The molecule has 0 aromatic carbocycles. The van der Waals surface area contributed by atoms with Crippen molar-refractivity contribution in [2.24, 2.45) is 0 Å². The summed E-state index contributed by atoms with van der Waals surface area (Å²) in [4.78, 5) is 61.7. The number of carbonyl (C=O) groups excluding carboxylic acids is 4. The molecule has 1 N–H and O–H groups in total. The van der Waals surface area contributed by atoms with E-state index < -0.39 is 5.91 Å². The molecule has 4 saturated carbocycles. The highest BCUT2D eigenvalue weighted by Gasteiger charge is 2.41. The number of aliphatic hydroxyl groups excluding tert-OH is 1. The second-order valence-electron chi connectivity index (χ2n) is 14.6. The van der Waals surface area contributed by atoms with E-state index in [4.69, 9.17) is 0 Å². The molecule has 4 aliphatic carbocycles. The molecule has 6 aliphatic rings. The monoisotopic (exact) mass is 622 g/mol. The van der Waals surface area contributed by atoms with Gasteiger partial charge in [-0.2, -0.15) is 0 Å². The molecular formula is C36H54N4O5. The average Bonchev–Trinajstić information content (AvgIpc) is 3.55. The van der Waals surface area contributed by atoms with Crippen LogP contribution in [0.25, 0.3) is 0 Å². The normalized spacial score (nSPS) is 24.8. The van der Waals surface area contributed by atoms with Gasteiger partial charge in [0.05, 0.1) is 12.1 Å². The maximum absolute atomic E-state index is 13.8. The van der Waals surface area contributed by atoms with Gasteiger partial charge in [-0.05, 0) is 56.9 Å². The Kier molecular flexibility index (Phi) is 10.5. The molecule has 0 aromatic rings. The highest BCUT2D eigenvalue weighted by atomic mass is 16.3. The number of nitrogens with zero attached hydrogens (tertiary/aromatic N) is 4. The molecule has 9 nitrogen and oxygen atoms in total. The molecule has 0 aromatic heterocycles. The second kappa shape index (κ2) is 14.7. The lowest BCUT2D eigenvalue weighted by Crippen LogP contribution is -2.52. The summed E-state index contributed by atoms with van der Waals surface area (Å²) in [5.74, 6) is -0.802. The molecular weight excluding hydrogens is 568 g/mol. The molecule has 0 atom stereocenters. The van der Waals surface area contributed by atoms with Crippen molar-refractivity contribution in [2.45, 2.75) is 153 Å². The zero-order valence-corrected chi connectivity index (χ0v) is 27.2. The molecule has 0 saturated heterocycles. The van der Waals surface area contributed by atoms with Gasteiger partial charge in [-0.1, -0.05) is 77.0 Å². The van der Waals surface area contributed by atoms with Gasteiger partial charge in [-0.3, -0.25) is 19.2 Å². The molecule has 45 heavy (non-hydrogen) atoms. The minimum atomic E-state index is -0.397. The van der Waals surface area contributed by atoms with E-state index in [2.05, 4.69) is 9.80 Å². The number of hydrogen-bond donors (Lipinski definition) is 1. The Morgan fingerprint density at radius 2 is 0.978 bits per heavy atom. The number of carbonyl (C=O) groups is 4. The Hall–Kier alpha value is -2.84. The maximum Gasteiger partial charge on any atom is 0.258 e. The standard InChI is InChI=1S/C36H54N4O5/c41-31-23-38(25-34(44)40(29-17-9-3-10-18-29)30-19-11-4-12-20-30)36(45)35(31)26-21-32(42)37(22-26)24-33(43)39(27-13-5-1-6-14-27)28-15-7-2-8-16-28/h21,27-30,41H,1-20,22-25H2. The first-order chi connectivity index (χ1) is 21.9. The summed E-state index contributed by atoms with van der Waals surface area (Å²) in [5, 5.41) is 11.0. The fourth-order valence-corrected chi connectivity index (χ4v) is 9.26. The van der Waals surface area contributed by atoms with Crippen LogP contribution in [0.1, 0.15) is 128 Å². The highest BCUT2D eigenvalue weighted by molar-refractivity contribution is 6.06. The number of rotatable bonds is 9. The number of amides is 4. The van der Waals surface area contributed by atoms with E-state index >= 15 is 0 Å². The first-order valence-corrected chi connectivity index (χ1v) is 18.2. The SMILES string of the molecule is O=C1C=C(C2=C(O)CN(CC(=O)N(C3CCCCC3)C3CCCCC3)C2=O)CN1CC(=O)N(C1CCCCC1)C1CCCCC1. The molecule has 4 fully saturated rings. The average molecular weight is 623 g/mol. The van der Waals surface area contributed by atoms with Crippen molar-refractivity contribution < 1.29 is 24.3 Å². The molecule has 6 rings (SSSR count). The lowest BCUT2D eigenvalue weighted by molar-refractivity contribution is -0.143. The summed E-state index contributed by atoms with van der Waals surface area (Å²) in [5.41, 5.74) is 0.577. The molecule has 0 radical (unpaired) electrons. The Morgan fingerprint density at radius 3 is 1.38 bits per heavy atom. The Bertz CT molecular complexity index is 1140. The van der Waals surface area contributed by atoms with E-state index in [-0.39, 0.29) is 79.4 Å². The van der Waals surface area contributed by atoms with Gasteiger partial charge >= 0.3 is 0 Å². The van der Waals surface area contributed by atoms with Crippen LogP contribution in [0.15, 0.2) is 23.0 Å². The van der Waals surface area contributed by atoms with E-state index in [9.17, 15) is 24.3 Å². The summed E-state index contributed by atoms with van der Waals surface area (Å²) in [6.07, 6.45) is 23.6. The van der Waals surface area contributed by atoms with E-state index in [0.29, 0.717) is 5.57 Å². The summed E-state index contributed by atoms with van der Waals surface area (Å²) in [6, 6.07) is 0.957. The van der Waals surface area contributed by atoms with Gasteiger partial charge in [-0.15, -0.1) is 0 Å². The summed E-state index contributed by atoms with van der Waals surface area (Å²) in [6.45, 7) is 0.0379. The zero-order chi connectivity index (χ0) is 31.3. The van der Waals surface area contributed by atoms with Gasteiger partial charge < -0.3 is 24.7 Å². The van der Waals surface area contributed by atoms with Crippen LogP contribution >= 0.6 is 0 Å². The minimum Gasteiger partial charge on any atom is -0.510 e. The van der Waals surface area contributed by atoms with Gasteiger partial charge in [0, 0.05) is 36.8 Å². The van der Waals surface area contributed by atoms with Crippen molar-refractivity contribution in [1.29, 1.82) is 0 Å². The van der Waals surface area contributed by atoms with E-state index in [1.54, 1.807) is 0 Å². The minimum absolute atomic E-state index is 0.00508. The molecule has 9 heteroatoms. The van der Waals surface area contributed by atoms with Gasteiger partial charge in [0.2, 0.25) is 17.7 Å². The van der Waals surface area contributed by atoms with Crippen LogP contribution in [-0.2, 0) is 19.2 Å². The number of aliphatic hydroxyl groups is 1. The summed E-state index contributed by atoms with van der Waals surface area (Å²) in [7, 11) is 0. The van der Waals surface area contributed by atoms with Crippen LogP contribution in [-0.4, -0.2) is 98.7 Å². The van der Waals surface area contributed by atoms with Crippen LogP contribution in [0, 0.1) is 0 Å². The van der Waals surface area contributed by atoms with Crippen LogP contribution < -0.4 is 0 Å². The highest BCUT2D eigenvalue weighted by Crippen LogP contribution is 2.34. The molecule has 2 heterocycles. The first kappa shape index (κ1) is 32.1. The zero-order valence-electron chi connectivity index (χ0n) is 27.2. The smallest absolute Gasteiger partial charge is 0.258 e. The van der Waals surface area contributed by atoms with Crippen molar-refractivity contribution >= 4 is 23.6 Å². The fraction of sp³-hybridized carbons (Fsp3) is 0.778. The third-order valence-electron chi connectivity index (χ3n) is 11.5. The lowest BCUT2D eigenvalue weighted by atomic mass is 9.88. The van der Waals surface area contributed by atoms with Gasteiger partial charge in [0.15, 0.2) is 0 Å². The topological polar surface area (TPSA) is 101 Å². The predicted molar refractivity (Wildman–Crippen MR) is 172 cm³/mol. The van der Waals surface area contributed by atoms with Crippen molar-refractivity contribution in [2.75, 3.05) is 26.2 Å². The van der Waals surface area contributed by atoms with Crippen LogP contribution in [0.2, 0.25) is 0 Å². The predicted octanol–water partition coefficient (Wildman–Crippen LogP) is 5.40. The van der Waals surface area contributed by atoms with Crippen LogP contribution in [0.3, 0.4) is 0 Å². The lowest BCUT2D eigenvalue weighted by Gasteiger charge is -2.42. The van der Waals surface area contributed by atoms with Crippen molar-refractivity contribution in [1.82, 2.24) is 19.6 Å². The van der Waals surface area contributed by atoms with Crippen molar-refractivity contribution in [3.05, 3.63) is 23.0 Å². The Morgan fingerprint density at radius 1 is 0.600 bits per heavy atom. The number of hydrogen-bond acceptors (Lipinski definition) is 5. The van der Waals surface area contributed by atoms with E-state index in [1.807, 2.05) is 0 Å². The third kappa shape index (κ3) is 7.27. The summed E-state index contributed by atoms with van der Waals surface area (Å²) >= 11 is 0. The largest absolute Gasteiger partial charge is 0.510 e. The van der Waals surface area contributed by atoms with Crippen LogP contribution in [0.5, 0.6) is 0 Å². The Labute approximate surface area is 269 Å². The van der Waals surface area contributed by atoms with Gasteiger partial charge in [-0.25, -0.2) is 0 Å². The molecule has 0 unspecified atom stereocenters.